The maximum Gasteiger partial charge on any atom is 0.0619 e. The lowest BCUT2D eigenvalue weighted by molar-refractivity contribution is -0.0137. The number of hydrogen-bond donors (Lipinski definition) is 1. The van der Waals surface area contributed by atoms with Gasteiger partial charge < -0.3 is 9.84 Å². The molecule has 4 nitrogen and oxygen atoms in total. The van der Waals surface area contributed by atoms with Crippen LogP contribution in [0.4, 0.5) is 0 Å². The van der Waals surface area contributed by atoms with Crippen molar-refractivity contribution >= 4 is 0 Å². The van der Waals surface area contributed by atoms with Crippen molar-refractivity contribution in [2.75, 3.05) is 46.5 Å². The molecule has 4 heteroatoms. The summed E-state index contributed by atoms with van der Waals surface area (Å²) in [5.41, 5.74) is 0.0366. The van der Waals surface area contributed by atoms with Crippen LogP contribution in [0.3, 0.4) is 0 Å². The lowest BCUT2D eigenvalue weighted by Crippen LogP contribution is -2.52. The van der Waals surface area contributed by atoms with E-state index in [1.165, 1.54) is 6.42 Å². The molecule has 0 amide bonds. The van der Waals surface area contributed by atoms with Crippen molar-refractivity contribution in [1.82, 2.24) is 9.80 Å². The molecule has 2 aliphatic rings. The fourth-order valence-electron chi connectivity index (χ4n) is 3.59. The van der Waals surface area contributed by atoms with Crippen molar-refractivity contribution in [3.8, 4) is 0 Å². The van der Waals surface area contributed by atoms with Gasteiger partial charge in [0.1, 0.15) is 0 Å². The number of nitrogens with zero attached hydrogens (tertiary/aromatic N) is 2. The van der Waals surface area contributed by atoms with Gasteiger partial charge in [-0.2, -0.15) is 0 Å². The fraction of sp³-hybridized carbons (Fsp3) is 1.00. The number of aliphatic hydroxyl groups is 1. The molecule has 1 saturated carbocycles. The van der Waals surface area contributed by atoms with Crippen LogP contribution in [0.1, 0.15) is 33.1 Å². The maximum absolute atomic E-state index is 9.82. The van der Waals surface area contributed by atoms with E-state index in [1.54, 1.807) is 0 Å². The average Bonchev–Trinajstić information content (AvgIpc) is 2.80. The minimum Gasteiger partial charge on any atom is -0.394 e. The third-order valence-corrected chi connectivity index (χ3v) is 5.16. The second kappa shape index (κ2) is 6.53. The van der Waals surface area contributed by atoms with Crippen molar-refractivity contribution in [3.05, 3.63) is 0 Å². The Balaban J connectivity index is 1.84. The minimum atomic E-state index is 0.0366. The molecule has 0 bridgehead atoms. The first-order valence-corrected chi connectivity index (χ1v) is 7.71. The zero-order valence-electron chi connectivity index (χ0n) is 12.8. The molecule has 112 valence electrons. The highest BCUT2D eigenvalue weighted by Crippen LogP contribution is 2.37. The smallest absolute Gasteiger partial charge is 0.0619 e. The average molecular weight is 270 g/mol. The van der Waals surface area contributed by atoms with Crippen molar-refractivity contribution in [3.63, 3.8) is 0 Å². The molecule has 1 aliphatic heterocycles. The van der Waals surface area contributed by atoms with Crippen LogP contribution in [0, 0.1) is 5.92 Å². The number of likely N-dealkylation sites (N-methyl/N-ethyl adjacent to an activating group) is 1. The molecule has 2 fully saturated rings. The van der Waals surface area contributed by atoms with Gasteiger partial charge in [0.15, 0.2) is 0 Å². The quantitative estimate of drug-likeness (QED) is 0.814. The summed E-state index contributed by atoms with van der Waals surface area (Å²) in [5.74, 6) is 0.747. The zero-order valence-corrected chi connectivity index (χ0v) is 12.8. The summed E-state index contributed by atoms with van der Waals surface area (Å²) in [6.45, 7) is 9.70. The van der Waals surface area contributed by atoms with Crippen LogP contribution in [0.5, 0.6) is 0 Å². The highest BCUT2D eigenvalue weighted by molar-refractivity contribution is 4.96. The number of hydrogen-bond acceptors (Lipinski definition) is 4. The zero-order chi connectivity index (χ0) is 13.9. The van der Waals surface area contributed by atoms with Crippen LogP contribution in [-0.2, 0) is 4.74 Å². The van der Waals surface area contributed by atoms with Gasteiger partial charge in [-0.05, 0) is 39.2 Å². The predicted octanol–water partition coefficient (Wildman–Crippen LogP) is 1.19. The third-order valence-electron chi connectivity index (χ3n) is 5.16. The van der Waals surface area contributed by atoms with E-state index in [4.69, 9.17) is 4.74 Å². The minimum absolute atomic E-state index is 0.0366. The summed E-state index contributed by atoms with van der Waals surface area (Å²) >= 11 is 0. The molecule has 1 saturated heterocycles. The molecule has 3 atom stereocenters. The Labute approximate surface area is 117 Å². The van der Waals surface area contributed by atoms with E-state index in [-0.39, 0.29) is 5.54 Å². The molecule has 1 N–H and O–H groups in total. The Morgan fingerprint density at radius 3 is 2.79 bits per heavy atom. The Kier molecular flexibility index (Phi) is 5.23. The van der Waals surface area contributed by atoms with Gasteiger partial charge in [0.25, 0.3) is 0 Å². The SMILES string of the molecule is C[C@@H]1CC[C@@](CO)(N(C)CCN2CCOC[C@@H]2C)C1. The summed E-state index contributed by atoms with van der Waals surface area (Å²) in [6, 6.07) is 0.523. The number of rotatable bonds is 5. The molecular weight excluding hydrogens is 240 g/mol. The van der Waals surface area contributed by atoms with Crippen molar-refractivity contribution in [1.29, 1.82) is 0 Å². The second-order valence-corrected chi connectivity index (χ2v) is 6.61. The Hall–Kier alpha value is -0.160. The van der Waals surface area contributed by atoms with Gasteiger partial charge in [0.05, 0.1) is 19.8 Å². The van der Waals surface area contributed by atoms with E-state index in [2.05, 4.69) is 30.7 Å². The summed E-state index contributed by atoms with van der Waals surface area (Å²) in [7, 11) is 2.18. The van der Waals surface area contributed by atoms with Crippen molar-refractivity contribution in [2.24, 2.45) is 5.92 Å². The van der Waals surface area contributed by atoms with Gasteiger partial charge in [-0.15, -0.1) is 0 Å². The molecule has 1 aliphatic carbocycles. The first kappa shape index (κ1) is 15.2. The molecule has 0 radical (unpaired) electrons. The number of morpholine rings is 1. The summed E-state index contributed by atoms with van der Waals surface area (Å²) in [4.78, 5) is 4.90. The lowest BCUT2D eigenvalue weighted by atomic mass is 9.95. The molecule has 0 unspecified atom stereocenters. The maximum atomic E-state index is 9.82. The monoisotopic (exact) mass is 270 g/mol. The normalized spacial score (nSPS) is 37.1. The van der Waals surface area contributed by atoms with Gasteiger partial charge in [-0.3, -0.25) is 9.80 Å². The van der Waals surface area contributed by atoms with Crippen LogP contribution in [-0.4, -0.2) is 73.0 Å². The van der Waals surface area contributed by atoms with E-state index in [1.807, 2.05) is 0 Å². The summed E-state index contributed by atoms with van der Waals surface area (Å²) in [6.07, 6.45) is 3.53. The predicted molar refractivity (Wildman–Crippen MR) is 77.3 cm³/mol. The highest BCUT2D eigenvalue weighted by atomic mass is 16.5. The Morgan fingerprint density at radius 1 is 1.42 bits per heavy atom. The molecule has 0 aromatic rings. The van der Waals surface area contributed by atoms with Crippen molar-refractivity contribution < 1.29 is 9.84 Å². The Morgan fingerprint density at radius 2 is 2.21 bits per heavy atom. The van der Waals surface area contributed by atoms with Gasteiger partial charge in [0, 0.05) is 31.2 Å². The number of aliphatic hydroxyl groups excluding tert-OH is 1. The topological polar surface area (TPSA) is 35.9 Å². The van der Waals surface area contributed by atoms with Crippen LogP contribution in [0.2, 0.25) is 0 Å². The van der Waals surface area contributed by atoms with Crippen LogP contribution in [0.25, 0.3) is 0 Å². The van der Waals surface area contributed by atoms with Crippen LogP contribution < -0.4 is 0 Å². The van der Waals surface area contributed by atoms with Crippen LogP contribution >= 0.6 is 0 Å². The molecule has 2 rings (SSSR count). The van der Waals surface area contributed by atoms with Crippen molar-refractivity contribution in [2.45, 2.75) is 44.7 Å². The highest BCUT2D eigenvalue weighted by Gasteiger charge is 2.40. The molecule has 1 heterocycles. The molecule has 0 spiro atoms. The van der Waals surface area contributed by atoms with E-state index in [9.17, 15) is 5.11 Å². The number of ether oxygens (including phenoxy) is 1. The lowest BCUT2D eigenvalue weighted by Gasteiger charge is -2.40. The largest absolute Gasteiger partial charge is 0.394 e. The fourth-order valence-corrected chi connectivity index (χ4v) is 3.59. The summed E-state index contributed by atoms with van der Waals surface area (Å²) < 4.78 is 5.48. The summed E-state index contributed by atoms with van der Waals surface area (Å²) in [5, 5.41) is 9.82. The van der Waals surface area contributed by atoms with E-state index >= 15 is 0 Å². The molecule has 19 heavy (non-hydrogen) atoms. The third kappa shape index (κ3) is 3.48. The van der Waals surface area contributed by atoms with Gasteiger partial charge in [0.2, 0.25) is 0 Å². The Bertz CT molecular complexity index is 287. The molecule has 0 aromatic heterocycles. The molecule has 0 aromatic carbocycles. The van der Waals surface area contributed by atoms with Crippen LogP contribution in [0.15, 0.2) is 0 Å². The van der Waals surface area contributed by atoms with Gasteiger partial charge >= 0.3 is 0 Å². The second-order valence-electron chi connectivity index (χ2n) is 6.61. The molecular formula is C15H30N2O2. The standard InChI is InChI=1S/C15H30N2O2/c1-13-4-5-15(10-13,12-18)16(3)6-7-17-8-9-19-11-14(17)2/h13-14,18H,4-12H2,1-3H3/t13-,14+,15-/m1/s1. The van der Waals surface area contributed by atoms with E-state index < -0.39 is 0 Å². The first-order valence-electron chi connectivity index (χ1n) is 7.71. The van der Waals surface area contributed by atoms with E-state index in [0.717, 1.165) is 51.6 Å². The van der Waals surface area contributed by atoms with Gasteiger partial charge in [-0.1, -0.05) is 6.92 Å². The van der Waals surface area contributed by atoms with Gasteiger partial charge in [-0.25, -0.2) is 0 Å². The first-order chi connectivity index (χ1) is 9.07. The van der Waals surface area contributed by atoms with E-state index in [0.29, 0.717) is 12.6 Å².